The van der Waals surface area contributed by atoms with Crippen LogP contribution in [0.15, 0.2) is 0 Å². The Balaban J connectivity index is -0.000000000500. The van der Waals surface area contributed by atoms with Gasteiger partial charge in [0.1, 0.15) is 0 Å². The van der Waals surface area contributed by atoms with Crippen molar-refractivity contribution >= 4 is 0 Å². The molecule has 0 atom stereocenters. The van der Waals surface area contributed by atoms with E-state index in [2.05, 4.69) is 0 Å². The molecule has 22 valence electrons. The normalized spacial score (nSPS) is 0.400. The zero-order valence-electron chi connectivity index (χ0n) is 5.30. The molecule has 0 fully saturated rings. The van der Waals surface area contributed by atoms with Gasteiger partial charge in [-0.15, -0.1) is 0 Å². The first-order chi connectivity index (χ1) is 1.00. The van der Waals surface area contributed by atoms with Crippen LogP contribution >= 0.6 is 0 Å². The fraction of sp³-hybridized carbons (Fsp3) is 0. The first-order valence-electron chi connectivity index (χ1n) is 0.224. The van der Waals surface area contributed by atoms with Crippen LogP contribution in [0.25, 0.3) is 0 Å². The minimum Gasteiger partial charge on any atom is -1.00 e. The number of nitrogens with zero attached hydrogens (tertiary/aromatic N) is 1. The Hall–Kier alpha value is 2.01. The predicted octanol–water partition coefficient (Wildman–Crippen LogP) is -5.67. The molecule has 0 aromatic rings. The Bertz CT molecular complexity index is 20.4. The van der Waals surface area contributed by atoms with Gasteiger partial charge in [-0.1, -0.05) is 0 Å². The average molecular weight is 130 g/mol. The van der Waals surface area contributed by atoms with E-state index in [0.29, 0.717) is 0 Å². The van der Waals surface area contributed by atoms with Gasteiger partial charge in [0.2, 0.25) is 0 Å². The third kappa shape index (κ3) is 23.9. The Morgan fingerprint density at radius 1 is 1.20 bits per heavy atom. The van der Waals surface area contributed by atoms with Crippen LogP contribution < -0.4 is 59.1 Å². The molecule has 0 saturated heterocycles. The topological polar surface area (TPSA) is 23.8 Å². The molecular formula is CH2FeNNa2-. The van der Waals surface area contributed by atoms with E-state index >= 15 is 0 Å². The number of rotatable bonds is 0. The van der Waals surface area contributed by atoms with Gasteiger partial charge < -0.3 is 14.7 Å². The molecule has 0 aromatic carbocycles. The summed E-state index contributed by atoms with van der Waals surface area (Å²) in [6.07, 6.45) is 0. The molecule has 0 N–H and O–H groups in total. The van der Waals surface area contributed by atoms with Crippen molar-refractivity contribution in [1.82, 2.24) is 0 Å². The van der Waals surface area contributed by atoms with E-state index in [1.165, 1.54) is 0 Å². The molecule has 0 amide bonds. The first-order valence-corrected chi connectivity index (χ1v) is 0.224. The maximum absolute atomic E-state index is 6.25. The number of hydrogen-bond donors (Lipinski definition) is 0. The Labute approximate surface area is 89.5 Å². The van der Waals surface area contributed by atoms with Gasteiger partial charge in [-0.2, -0.15) is 0 Å². The van der Waals surface area contributed by atoms with Gasteiger partial charge in [-0.05, 0) is 0 Å². The van der Waals surface area contributed by atoms with E-state index in [1.54, 1.807) is 0 Å². The monoisotopic (exact) mass is 130 g/mol. The SMILES string of the molecule is [C-]#N.[Fe].[H-].[H-].[Na+].[Na+]. The summed E-state index contributed by atoms with van der Waals surface area (Å²) < 4.78 is 0. The quantitative estimate of drug-likeness (QED) is 0.237. The summed E-state index contributed by atoms with van der Waals surface area (Å²) in [6.45, 7) is 4.75. The first kappa shape index (κ1) is 27.9. The van der Waals surface area contributed by atoms with Gasteiger partial charge in [-0.25, -0.2) is 0 Å². The molecule has 0 aromatic heterocycles. The minimum atomic E-state index is 0. The maximum Gasteiger partial charge on any atom is 1.00 e. The number of hydrogen-bond acceptors (Lipinski definition) is 1. The van der Waals surface area contributed by atoms with Crippen molar-refractivity contribution in [2.45, 2.75) is 0 Å². The van der Waals surface area contributed by atoms with Gasteiger partial charge in [0.15, 0.2) is 0 Å². The Morgan fingerprint density at radius 2 is 1.20 bits per heavy atom. The smallest absolute Gasteiger partial charge is 1.00 e. The van der Waals surface area contributed by atoms with Crippen LogP contribution in [0.4, 0.5) is 0 Å². The third-order valence-electron chi connectivity index (χ3n) is 0. The fourth-order valence-corrected chi connectivity index (χ4v) is 0. The van der Waals surface area contributed by atoms with Crippen LogP contribution in [0.5, 0.6) is 0 Å². The van der Waals surface area contributed by atoms with Gasteiger partial charge in [0, 0.05) is 17.1 Å². The summed E-state index contributed by atoms with van der Waals surface area (Å²) in [5.74, 6) is 0. The van der Waals surface area contributed by atoms with Gasteiger partial charge in [0.05, 0.1) is 0 Å². The molecule has 0 saturated carbocycles. The van der Waals surface area contributed by atoms with Crippen molar-refractivity contribution in [2.75, 3.05) is 0 Å². The molecule has 0 heterocycles. The second-order valence-corrected chi connectivity index (χ2v) is 0. The summed E-state index contributed by atoms with van der Waals surface area (Å²) in [5, 5.41) is 6.25. The molecule has 0 unspecified atom stereocenters. The van der Waals surface area contributed by atoms with Gasteiger partial charge >= 0.3 is 59.1 Å². The van der Waals surface area contributed by atoms with Crippen LogP contribution in [0, 0.1) is 11.8 Å². The summed E-state index contributed by atoms with van der Waals surface area (Å²) in [4.78, 5) is 0. The minimum absolute atomic E-state index is 0. The Morgan fingerprint density at radius 3 is 1.20 bits per heavy atom. The fourth-order valence-electron chi connectivity index (χ4n) is 0. The van der Waals surface area contributed by atoms with E-state index < -0.39 is 0 Å². The van der Waals surface area contributed by atoms with E-state index in [0.717, 1.165) is 0 Å². The largest absolute Gasteiger partial charge is 1.00 e. The van der Waals surface area contributed by atoms with E-state index in [4.69, 9.17) is 11.8 Å². The maximum atomic E-state index is 6.25. The van der Waals surface area contributed by atoms with E-state index in [1.807, 2.05) is 0 Å². The summed E-state index contributed by atoms with van der Waals surface area (Å²) in [7, 11) is 0. The van der Waals surface area contributed by atoms with Crippen molar-refractivity contribution in [3.05, 3.63) is 6.57 Å². The standard InChI is InChI=1S/CN.Fe.2Na.2H/c1-2;;;;;/q-1;;2*+1;2*-1. The van der Waals surface area contributed by atoms with Crippen LogP contribution in [0.3, 0.4) is 0 Å². The molecule has 4 heteroatoms. The molecule has 0 aliphatic carbocycles. The predicted molar refractivity (Wildman–Crippen MR) is 7.19 cm³/mol. The van der Waals surface area contributed by atoms with Crippen molar-refractivity contribution in [2.24, 2.45) is 0 Å². The van der Waals surface area contributed by atoms with Crippen LogP contribution in [-0.2, 0) is 17.1 Å². The van der Waals surface area contributed by atoms with Crippen molar-refractivity contribution in [3.8, 4) is 0 Å². The molecule has 5 heavy (non-hydrogen) atoms. The zero-order chi connectivity index (χ0) is 2.00. The molecule has 1 nitrogen and oxygen atoms in total. The summed E-state index contributed by atoms with van der Waals surface area (Å²) in [6, 6.07) is 0. The average Bonchev–Trinajstić information content (AvgIpc) is 1.00. The molecule has 0 rings (SSSR count). The molecule has 0 aliphatic rings. The van der Waals surface area contributed by atoms with Crippen LogP contribution in [-0.4, -0.2) is 0 Å². The second-order valence-electron chi connectivity index (χ2n) is 0. The molecular weight excluding hydrogens is 128 g/mol. The van der Waals surface area contributed by atoms with E-state index in [9.17, 15) is 0 Å². The van der Waals surface area contributed by atoms with Gasteiger partial charge in [-0.3, -0.25) is 0 Å². The summed E-state index contributed by atoms with van der Waals surface area (Å²) in [5.41, 5.74) is 0. The molecule has 0 spiro atoms. The molecule has 0 aliphatic heterocycles. The third-order valence-corrected chi connectivity index (χ3v) is 0. The van der Waals surface area contributed by atoms with Crippen molar-refractivity contribution in [1.29, 1.82) is 5.26 Å². The van der Waals surface area contributed by atoms with Crippen LogP contribution in [0.2, 0.25) is 0 Å². The van der Waals surface area contributed by atoms with Gasteiger partial charge in [0.25, 0.3) is 0 Å². The second kappa shape index (κ2) is 37.3. The van der Waals surface area contributed by atoms with Crippen molar-refractivity contribution < 1.29 is 79.0 Å². The summed E-state index contributed by atoms with van der Waals surface area (Å²) >= 11 is 0. The van der Waals surface area contributed by atoms with Crippen LogP contribution in [0.1, 0.15) is 2.85 Å². The molecule has 0 radical (unpaired) electrons. The van der Waals surface area contributed by atoms with Crippen molar-refractivity contribution in [3.63, 3.8) is 0 Å². The Kier molecular flexibility index (Phi) is 209. The molecule has 0 bridgehead atoms. The van der Waals surface area contributed by atoms with E-state index in [-0.39, 0.29) is 79.0 Å². The zero-order valence-corrected chi connectivity index (χ0v) is 8.40.